The number of carbonyl (C=O) groups excluding carboxylic acids is 1. The van der Waals surface area contributed by atoms with Crippen LogP contribution in [0.2, 0.25) is 0 Å². The maximum atomic E-state index is 10.8. The lowest BCUT2D eigenvalue weighted by atomic mass is 9.97. The molecule has 0 heterocycles. The quantitative estimate of drug-likeness (QED) is 0.361. The molecule has 6 heteroatoms. The highest BCUT2D eigenvalue weighted by molar-refractivity contribution is 6.07. The van der Waals surface area contributed by atoms with E-state index in [0.717, 1.165) is 6.92 Å². The van der Waals surface area contributed by atoms with Crippen molar-refractivity contribution in [1.82, 2.24) is 0 Å². The Morgan fingerprint density at radius 2 is 1.92 bits per heavy atom. The Balaban J connectivity index is 4.57. The number of rotatable bonds is 4. The largest absolute Gasteiger partial charge is 0.479 e. The highest BCUT2D eigenvalue weighted by Gasteiger charge is 2.41. The van der Waals surface area contributed by atoms with Gasteiger partial charge in [0, 0.05) is 0 Å². The van der Waals surface area contributed by atoms with Gasteiger partial charge in [0.25, 0.3) is 0 Å². The molecule has 0 saturated carbocycles. The van der Waals surface area contributed by atoms with Crippen LogP contribution in [0.1, 0.15) is 6.92 Å². The third-order valence-electron chi connectivity index (χ3n) is 1.37. The minimum atomic E-state index is -2.65. The van der Waals surface area contributed by atoms with Crippen LogP contribution in [0.3, 0.4) is 0 Å². The second-order valence-electron chi connectivity index (χ2n) is 2.44. The summed E-state index contributed by atoms with van der Waals surface area (Å²) in [6.45, 7) is -0.182. The van der Waals surface area contributed by atoms with Crippen LogP contribution in [0.5, 0.6) is 0 Å². The van der Waals surface area contributed by atoms with E-state index in [0.29, 0.717) is 0 Å². The van der Waals surface area contributed by atoms with Gasteiger partial charge in [-0.05, 0) is 6.92 Å². The summed E-state index contributed by atoms with van der Waals surface area (Å²) in [5.74, 6) is -3.10. The Morgan fingerprint density at radius 1 is 1.50 bits per heavy atom. The first-order valence-electron chi connectivity index (χ1n) is 3.13. The number of Topliss-reactive ketones (excluding diaryl/α,β-unsaturated/α-hetero) is 1. The molecule has 0 aliphatic rings. The van der Waals surface area contributed by atoms with Crippen molar-refractivity contribution < 1.29 is 30.0 Å². The van der Waals surface area contributed by atoms with E-state index in [1.54, 1.807) is 0 Å². The van der Waals surface area contributed by atoms with E-state index in [1.807, 2.05) is 0 Å². The molecule has 4 N–H and O–H groups in total. The van der Waals surface area contributed by atoms with Crippen molar-refractivity contribution in [3.8, 4) is 0 Å². The van der Waals surface area contributed by atoms with Crippen molar-refractivity contribution in [2.45, 2.75) is 18.6 Å². The lowest BCUT2D eigenvalue weighted by Crippen LogP contribution is -2.49. The first-order chi connectivity index (χ1) is 5.34. The number of carboxylic acid groups (broad SMARTS) is 1. The van der Waals surface area contributed by atoms with E-state index >= 15 is 0 Å². The minimum absolute atomic E-state index is 0.733. The Kier molecular flexibility index (Phi) is 3.32. The van der Waals surface area contributed by atoms with Gasteiger partial charge >= 0.3 is 5.97 Å². The summed E-state index contributed by atoms with van der Waals surface area (Å²) < 4.78 is 0. The molecule has 70 valence electrons. The normalized spacial score (nSPS) is 18.0. The number of hydrogen-bond acceptors (Lipinski definition) is 5. The van der Waals surface area contributed by atoms with Crippen molar-refractivity contribution in [1.29, 1.82) is 0 Å². The molecule has 12 heavy (non-hydrogen) atoms. The Hall–Kier alpha value is -0.980. The predicted molar refractivity (Wildman–Crippen MR) is 36.4 cm³/mol. The van der Waals surface area contributed by atoms with Crippen molar-refractivity contribution in [3.63, 3.8) is 0 Å². The molecule has 0 aromatic rings. The number of ketones is 1. The van der Waals surface area contributed by atoms with Gasteiger partial charge in [-0.1, -0.05) is 0 Å². The fraction of sp³-hybridized carbons (Fsp3) is 0.667. The highest BCUT2D eigenvalue weighted by Crippen LogP contribution is 2.07. The smallest absolute Gasteiger partial charge is 0.343 e. The first kappa shape index (κ1) is 11.0. The van der Waals surface area contributed by atoms with Gasteiger partial charge in [-0.2, -0.15) is 0 Å². The maximum absolute atomic E-state index is 10.8. The molecule has 2 atom stereocenters. The Morgan fingerprint density at radius 3 is 2.17 bits per heavy atom. The van der Waals surface area contributed by atoms with Crippen LogP contribution in [0, 0.1) is 0 Å². The highest BCUT2D eigenvalue weighted by atomic mass is 16.4. The summed E-state index contributed by atoms with van der Waals surface area (Å²) in [5.41, 5.74) is -2.65. The molecule has 0 aromatic carbocycles. The second kappa shape index (κ2) is 3.61. The molecular formula is C6H10O6. The fourth-order valence-corrected chi connectivity index (χ4v) is 0.513. The van der Waals surface area contributed by atoms with Crippen molar-refractivity contribution in [2.24, 2.45) is 0 Å². The maximum Gasteiger partial charge on any atom is 0.343 e. The van der Waals surface area contributed by atoms with Gasteiger partial charge in [0.2, 0.25) is 11.4 Å². The van der Waals surface area contributed by atoms with E-state index in [2.05, 4.69) is 0 Å². The monoisotopic (exact) mass is 178 g/mol. The molecule has 2 unspecified atom stereocenters. The van der Waals surface area contributed by atoms with Crippen molar-refractivity contribution in [3.05, 3.63) is 0 Å². The van der Waals surface area contributed by atoms with Gasteiger partial charge in [-0.25, -0.2) is 4.79 Å². The Labute approximate surface area is 68.1 Å². The van der Waals surface area contributed by atoms with E-state index < -0.39 is 30.1 Å². The van der Waals surface area contributed by atoms with Crippen molar-refractivity contribution in [2.75, 3.05) is 6.61 Å². The van der Waals surface area contributed by atoms with Gasteiger partial charge in [0.15, 0.2) is 0 Å². The summed E-state index contributed by atoms with van der Waals surface area (Å²) in [6, 6.07) is 0. The number of carbonyl (C=O) groups is 2. The van der Waals surface area contributed by atoms with Crippen LogP contribution in [0.4, 0.5) is 0 Å². The molecule has 0 spiro atoms. The topological polar surface area (TPSA) is 115 Å². The SMILES string of the molecule is CC(O)(C(=O)O)C(=O)C(O)CO. The number of carboxylic acids is 1. The molecule has 0 amide bonds. The predicted octanol–water partition coefficient (Wildman–Crippen LogP) is -2.26. The number of aliphatic hydroxyl groups is 3. The van der Waals surface area contributed by atoms with Crippen LogP contribution in [-0.2, 0) is 9.59 Å². The molecule has 0 radical (unpaired) electrons. The standard InChI is InChI=1S/C6H10O6/c1-6(12,5(10)11)4(9)3(8)2-7/h3,7-8,12H,2H2,1H3,(H,10,11). The van der Waals surface area contributed by atoms with E-state index in [9.17, 15) is 9.59 Å². The lowest BCUT2D eigenvalue weighted by Gasteiger charge is -2.18. The van der Waals surface area contributed by atoms with E-state index in [1.165, 1.54) is 0 Å². The summed E-state index contributed by atoms with van der Waals surface area (Å²) in [4.78, 5) is 21.0. The zero-order valence-corrected chi connectivity index (χ0v) is 6.39. The molecule has 0 aliphatic carbocycles. The first-order valence-corrected chi connectivity index (χ1v) is 3.13. The van der Waals surface area contributed by atoms with E-state index in [4.69, 9.17) is 20.4 Å². The number of hydrogen-bond donors (Lipinski definition) is 4. The fourth-order valence-electron chi connectivity index (χ4n) is 0.513. The zero-order valence-electron chi connectivity index (χ0n) is 6.39. The van der Waals surface area contributed by atoms with Crippen LogP contribution in [0.15, 0.2) is 0 Å². The molecular weight excluding hydrogens is 168 g/mol. The minimum Gasteiger partial charge on any atom is -0.479 e. The average molecular weight is 178 g/mol. The van der Waals surface area contributed by atoms with Crippen LogP contribution < -0.4 is 0 Å². The van der Waals surface area contributed by atoms with Gasteiger partial charge in [0.1, 0.15) is 6.10 Å². The van der Waals surface area contributed by atoms with E-state index in [-0.39, 0.29) is 0 Å². The molecule has 0 saturated heterocycles. The summed E-state index contributed by atoms with van der Waals surface area (Å²) in [5, 5.41) is 34.2. The van der Waals surface area contributed by atoms with Gasteiger partial charge in [0.05, 0.1) is 6.61 Å². The van der Waals surface area contributed by atoms with Crippen LogP contribution in [-0.4, -0.2) is 50.5 Å². The molecule has 0 aromatic heterocycles. The number of aliphatic carboxylic acids is 1. The molecule has 0 bridgehead atoms. The van der Waals surface area contributed by atoms with Crippen molar-refractivity contribution >= 4 is 11.8 Å². The average Bonchev–Trinajstić information content (AvgIpc) is 2.01. The van der Waals surface area contributed by atoms with Crippen LogP contribution >= 0.6 is 0 Å². The third kappa shape index (κ3) is 2.00. The summed E-state index contributed by atoms with van der Waals surface area (Å²) in [6.07, 6.45) is -1.86. The molecule has 0 aliphatic heterocycles. The zero-order chi connectivity index (χ0) is 9.94. The summed E-state index contributed by atoms with van der Waals surface area (Å²) >= 11 is 0. The molecule has 0 fully saturated rings. The third-order valence-corrected chi connectivity index (χ3v) is 1.37. The molecule has 0 rings (SSSR count). The summed E-state index contributed by atoms with van der Waals surface area (Å²) in [7, 11) is 0. The van der Waals surface area contributed by atoms with Gasteiger partial charge < -0.3 is 20.4 Å². The van der Waals surface area contributed by atoms with Gasteiger partial charge in [-0.15, -0.1) is 0 Å². The number of aliphatic hydroxyl groups excluding tert-OH is 2. The lowest BCUT2D eigenvalue weighted by molar-refractivity contribution is -0.167. The van der Waals surface area contributed by atoms with Crippen LogP contribution in [0.25, 0.3) is 0 Å². The Bertz CT molecular complexity index is 196. The molecule has 6 nitrogen and oxygen atoms in total. The van der Waals surface area contributed by atoms with Gasteiger partial charge in [-0.3, -0.25) is 4.79 Å². The second-order valence-corrected chi connectivity index (χ2v) is 2.44.